The van der Waals surface area contributed by atoms with Crippen molar-refractivity contribution in [3.63, 3.8) is 0 Å². The molecule has 0 bridgehead atoms. The predicted molar refractivity (Wildman–Crippen MR) is 131 cm³/mol. The van der Waals surface area contributed by atoms with Gasteiger partial charge in [0.15, 0.2) is 0 Å². The second kappa shape index (κ2) is 9.15. The van der Waals surface area contributed by atoms with E-state index in [1.807, 2.05) is 24.0 Å². The number of β-amino-alcohol motifs (C(OH)–C–C–N with tert-alkyl or cyclic N) is 1. The summed E-state index contributed by atoms with van der Waals surface area (Å²) in [5.74, 6) is -0.196. The number of aromatic nitrogens is 3. The Hall–Kier alpha value is -3.56. The standard InChI is InChI=1S/C27H29N5O4/c1-17-20(6-7-23-24(17)14-36-27(23)35)25(33)13-30-8-10-31(11-9-30)26(34)22-4-2-18-12-19(3-5-21(18)22)32-16-28-15-29-32/h3,5-7,12,15-16,22,25,33H,2,4,8-11,13-14H2,1H3. The smallest absolute Gasteiger partial charge is 0.338 e. The van der Waals surface area contributed by atoms with Crippen molar-refractivity contribution in [2.75, 3.05) is 32.7 Å². The van der Waals surface area contributed by atoms with Crippen LogP contribution >= 0.6 is 0 Å². The average molecular weight is 488 g/mol. The van der Waals surface area contributed by atoms with E-state index in [0.29, 0.717) is 25.2 Å². The van der Waals surface area contributed by atoms with Gasteiger partial charge in [0.25, 0.3) is 0 Å². The summed E-state index contributed by atoms with van der Waals surface area (Å²) in [5.41, 5.74) is 6.52. The van der Waals surface area contributed by atoms with Crippen LogP contribution in [0.4, 0.5) is 0 Å². The molecule has 3 aromatic rings. The third kappa shape index (κ3) is 3.98. The number of carbonyl (C=O) groups is 2. The van der Waals surface area contributed by atoms with Gasteiger partial charge in [-0.05, 0) is 60.2 Å². The molecule has 1 N–H and O–H groups in total. The zero-order chi connectivity index (χ0) is 24.8. The van der Waals surface area contributed by atoms with E-state index in [1.165, 1.54) is 11.9 Å². The minimum Gasteiger partial charge on any atom is -0.457 e. The molecule has 0 radical (unpaired) electrons. The van der Waals surface area contributed by atoms with Gasteiger partial charge in [-0.3, -0.25) is 9.69 Å². The minimum atomic E-state index is -0.658. The van der Waals surface area contributed by atoms with E-state index in [0.717, 1.165) is 53.9 Å². The third-order valence-corrected chi connectivity index (χ3v) is 7.87. The maximum atomic E-state index is 13.4. The van der Waals surface area contributed by atoms with Gasteiger partial charge in [-0.1, -0.05) is 12.1 Å². The van der Waals surface area contributed by atoms with Gasteiger partial charge in [0.1, 0.15) is 19.3 Å². The normalized spacial score (nSPS) is 20.2. The number of fused-ring (bicyclic) bond motifs is 2. The van der Waals surface area contributed by atoms with Crippen LogP contribution in [0.1, 0.15) is 56.6 Å². The number of aliphatic hydroxyl groups is 1. The molecule has 6 rings (SSSR count). The number of aliphatic hydroxyl groups excluding tert-OH is 1. The Labute approximate surface area is 209 Å². The van der Waals surface area contributed by atoms with Gasteiger partial charge >= 0.3 is 5.97 Å². The summed E-state index contributed by atoms with van der Waals surface area (Å²) in [5, 5.41) is 15.1. The quantitative estimate of drug-likeness (QED) is 0.551. The zero-order valence-corrected chi connectivity index (χ0v) is 20.3. The molecule has 1 amide bonds. The van der Waals surface area contributed by atoms with Gasteiger partial charge in [0.05, 0.1) is 23.3 Å². The highest BCUT2D eigenvalue weighted by Crippen LogP contribution is 2.36. The fourth-order valence-corrected chi connectivity index (χ4v) is 5.79. The van der Waals surface area contributed by atoms with Crippen molar-refractivity contribution >= 4 is 11.9 Å². The number of hydrogen-bond donors (Lipinski definition) is 1. The van der Waals surface area contributed by atoms with Crippen molar-refractivity contribution in [2.24, 2.45) is 0 Å². The van der Waals surface area contributed by atoms with E-state index in [4.69, 9.17) is 4.74 Å². The van der Waals surface area contributed by atoms with Crippen molar-refractivity contribution in [3.8, 4) is 5.69 Å². The van der Waals surface area contributed by atoms with Crippen LogP contribution in [0.3, 0.4) is 0 Å². The molecule has 9 nitrogen and oxygen atoms in total. The number of aryl methyl sites for hydroxylation is 1. The van der Waals surface area contributed by atoms with Gasteiger partial charge in [0.2, 0.25) is 5.91 Å². The molecule has 36 heavy (non-hydrogen) atoms. The lowest BCUT2D eigenvalue weighted by Crippen LogP contribution is -2.50. The summed E-state index contributed by atoms with van der Waals surface area (Å²) in [6, 6.07) is 9.76. The Balaban J connectivity index is 1.07. The topological polar surface area (TPSA) is 101 Å². The highest BCUT2D eigenvalue weighted by atomic mass is 16.5. The lowest BCUT2D eigenvalue weighted by atomic mass is 9.95. The van der Waals surface area contributed by atoms with Crippen molar-refractivity contribution in [1.29, 1.82) is 0 Å². The fourth-order valence-electron chi connectivity index (χ4n) is 5.79. The Kier molecular flexibility index (Phi) is 5.81. The molecule has 0 spiro atoms. The largest absolute Gasteiger partial charge is 0.457 e. The summed E-state index contributed by atoms with van der Waals surface area (Å²) in [4.78, 5) is 33.4. The van der Waals surface area contributed by atoms with E-state index >= 15 is 0 Å². The molecule has 1 fully saturated rings. The van der Waals surface area contributed by atoms with Crippen molar-refractivity contribution in [1.82, 2.24) is 24.6 Å². The van der Waals surface area contributed by atoms with Crippen LogP contribution in [-0.4, -0.2) is 74.3 Å². The molecular formula is C27H29N5O4. The van der Waals surface area contributed by atoms with Crippen LogP contribution in [0.25, 0.3) is 5.69 Å². The lowest BCUT2D eigenvalue weighted by molar-refractivity contribution is -0.134. The highest BCUT2D eigenvalue weighted by Gasteiger charge is 2.34. The van der Waals surface area contributed by atoms with Crippen LogP contribution in [0.5, 0.6) is 0 Å². The summed E-state index contributed by atoms with van der Waals surface area (Å²) in [7, 11) is 0. The monoisotopic (exact) mass is 487 g/mol. The molecule has 1 aliphatic carbocycles. The molecule has 0 saturated carbocycles. The van der Waals surface area contributed by atoms with E-state index < -0.39 is 6.10 Å². The SMILES string of the molecule is Cc1c(C(O)CN2CCN(C(=O)C3CCc4cc(-n5cncn5)ccc43)CC2)ccc2c1COC2=O. The number of carbonyl (C=O) groups excluding carboxylic acids is 2. The number of cyclic esters (lactones) is 1. The van der Waals surface area contributed by atoms with Crippen molar-refractivity contribution < 1.29 is 19.4 Å². The molecule has 186 valence electrons. The molecule has 1 saturated heterocycles. The van der Waals surface area contributed by atoms with Gasteiger partial charge < -0.3 is 14.7 Å². The first-order chi connectivity index (χ1) is 17.5. The third-order valence-electron chi connectivity index (χ3n) is 7.87. The number of esters is 1. The number of hydrogen-bond acceptors (Lipinski definition) is 7. The van der Waals surface area contributed by atoms with Gasteiger partial charge in [0, 0.05) is 38.3 Å². The first kappa shape index (κ1) is 22.9. The highest BCUT2D eigenvalue weighted by molar-refractivity contribution is 5.94. The van der Waals surface area contributed by atoms with Gasteiger partial charge in [-0.2, -0.15) is 5.10 Å². The molecule has 9 heteroatoms. The second-order valence-electron chi connectivity index (χ2n) is 9.84. The minimum absolute atomic E-state index is 0.0964. The molecule has 1 aromatic heterocycles. The molecule has 2 unspecified atom stereocenters. The Morgan fingerprint density at radius 1 is 1.19 bits per heavy atom. The number of rotatable bonds is 5. The van der Waals surface area contributed by atoms with E-state index in [-0.39, 0.29) is 24.4 Å². The predicted octanol–water partition coefficient (Wildman–Crippen LogP) is 2.15. The second-order valence-corrected chi connectivity index (χ2v) is 9.84. The molecule has 3 aliphatic rings. The van der Waals surface area contributed by atoms with Gasteiger partial charge in [-0.15, -0.1) is 0 Å². The summed E-state index contributed by atoms with van der Waals surface area (Å²) >= 11 is 0. The van der Waals surface area contributed by atoms with Crippen LogP contribution in [-0.2, 0) is 22.6 Å². The van der Waals surface area contributed by atoms with Crippen LogP contribution < -0.4 is 0 Å². The number of benzene rings is 2. The molecule has 2 aliphatic heterocycles. The Morgan fingerprint density at radius 2 is 2.03 bits per heavy atom. The van der Waals surface area contributed by atoms with Crippen molar-refractivity contribution in [2.45, 2.75) is 38.4 Å². The summed E-state index contributed by atoms with van der Waals surface area (Å²) in [6.45, 7) is 5.45. The molecule has 3 heterocycles. The molecule has 2 aromatic carbocycles. The van der Waals surface area contributed by atoms with Crippen molar-refractivity contribution in [3.05, 3.63) is 76.4 Å². The van der Waals surface area contributed by atoms with Crippen LogP contribution in [0, 0.1) is 6.92 Å². The number of nitrogens with zero attached hydrogens (tertiary/aromatic N) is 5. The number of ether oxygens (including phenoxy) is 1. The molecular weight excluding hydrogens is 458 g/mol. The summed E-state index contributed by atoms with van der Waals surface area (Å²) in [6.07, 6.45) is 4.25. The fraction of sp³-hybridized carbons (Fsp3) is 0.407. The average Bonchev–Trinajstić information content (AvgIpc) is 3.64. The van der Waals surface area contributed by atoms with Gasteiger partial charge in [-0.25, -0.2) is 14.5 Å². The van der Waals surface area contributed by atoms with E-state index in [9.17, 15) is 14.7 Å². The van der Waals surface area contributed by atoms with E-state index in [2.05, 4.69) is 27.1 Å². The first-order valence-corrected chi connectivity index (χ1v) is 12.5. The Morgan fingerprint density at radius 3 is 2.81 bits per heavy atom. The number of amides is 1. The number of piperazine rings is 1. The van der Waals surface area contributed by atoms with Crippen LogP contribution in [0.15, 0.2) is 43.0 Å². The lowest BCUT2D eigenvalue weighted by Gasteiger charge is -2.37. The zero-order valence-electron chi connectivity index (χ0n) is 20.3. The maximum Gasteiger partial charge on any atom is 0.338 e. The maximum absolute atomic E-state index is 13.4. The molecule has 2 atom stereocenters. The first-order valence-electron chi connectivity index (χ1n) is 12.5. The van der Waals surface area contributed by atoms with Crippen LogP contribution in [0.2, 0.25) is 0 Å². The Bertz CT molecular complexity index is 1310. The van der Waals surface area contributed by atoms with E-state index in [1.54, 1.807) is 17.1 Å². The summed E-state index contributed by atoms with van der Waals surface area (Å²) < 4.78 is 6.87.